The van der Waals surface area contributed by atoms with Crippen molar-refractivity contribution in [3.8, 4) is 0 Å². The van der Waals surface area contributed by atoms with Gasteiger partial charge in [0.15, 0.2) is 0 Å². The third kappa shape index (κ3) is 3.77. The van der Waals surface area contributed by atoms with Gasteiger partial charge in [-0.1, -0.05) is 0 Å². The molecule has 0 heterocycles. The molecule has 0 aromatic heterocycles. The Morgan fingerprint density at radius 1 is 1.75 bits per heavy atom. The Hall–Kier alpha value is -0.405. The maximum atomic E-state index is 3.77. The molecule has 0 saturated heterocycles. The van der Waals surface area contributed by atoms with Crippen molar-refractivity contribution in [3.05, 3.63) is 0 Å². The van der Waals surface area contributed by atoms with E-state index in [2.05, 4.69) is 17.3 Å². The van der Waals surface area contributed by atoms with Crippen molar-refractivity contribution in [3.63, 3.8) is 0 Å². The van der Waals surface area contributed by atoms with Crippen LogP contribution in [-0.2, 0) is 0 Å². The molecule has 6 heteroatoms. The van der Waals surface area contributed by atoms with E-state index >= 15 is 0 Å². The first-order valence-corrected chi connectivity index (χ1v) is 2.36. The molecule has 8 heavy (non-hydrogen) atoms. The van der Waals surface area contributed by atoms with Crippen molar-refractivity contribution in [2.75, 3.05) is 14.1 Å². The van der Waals surface area contributed by atoms with Gasteiger partial charge in [0.2, 0.25) is 0 Å². The van der Waals surface area contributed by atoms with Crippen LogP contribution in [0.4, 0.5) is 0 Å². The molecule has 0 atom stereocenters. The molecule has 0 aliphatic rings. The molecule has 0 aliphatic heterocycles. The van der Waals surface area contributed by atoms with E-state index < -0.39 is 0 Å². The summed E-state index contributed by atoms with van der Waals surface area (Å²) >= 11 is 0. The third-order valence-electron chi connectivity index (χ3n) is 0.636. The van der Waals surface area contributed by atoms with Gasteiger partial charge in [-0.3, -0.25) is 0 Å². The zero-order chi connectivity index (χ0) is 6.41. The molecule has 0 fully saturated rings. The van der Waals surface area contributed by atoms with E-state index in [9.17, 15) is 0 Å². The van der Waals surface area contributed by atoms with Gasteiger partial charge >= 0.3 is 50.9 Å². The quantitative estimate of drug-likeness (QED) is 0.411. The summed E-state index contributed by atoms with van der Waals surface area (Å²) in [5, 5.41) is 0. The minimum atomic E-state index is 0.608. The minimum absolute atomic E-state index is 0.608. The van der Waals surface area contributed by atoms with Gasteiger partial charge in [-0.25, -0.2) is 0 Å². The number of hydrogen-bond donors (Lipinski definition) is 0. The normalized spacial score (nSPS) is 8.12. The molecule has 0 spiro atoms. The van der Waals surface area contributed by atoms with E-state index in [1.54, 1.807) is 14.3 Å². The second kappa shape index (κ2) is 4.75. The number of nitrogens with zero attached hydrogens (tertiary/aromatic N) is 3. The van der Waals surface area contributed by atoms with Crippen LogP contribution < -0.4 is 0 Å². The van der Waals surface area contributed by atoms with Gasteiger partial charge in [0.1, 0.15) is 0 Å². The zero-order valence-electron chi connectivity index (χ0n) is 5.33. The van der Waals surface area contributed by atoms with E-state index in [1.165, 1.54) is 0 Å². The fraction of sp³-hybridized carbons (Fsp3) is 1.00. The Labute approximate surface area is 51.9 Å². The summed E-state index contributed by atoms with van der Waals surface area (Å²) < 4.78 is 1.84. The zero-order valence-corrected chi connectivity index (χ0v) is 5.33. The van der Waals surface area contributed by atoms with Gasteiger partial charge in [-0.05, 0) is 0 Å². The van der Waals surface area contributed by atoms with E-state index in [4.69, 9.17) is 0 Å². The molecule has 0 saturated carbocycles. The molecule has 0 N–H and O–H groups in total. The van der Waals surface area contributed by atoms with Crippen molar-refractivity contribution in [1.29, 1.82) is 0 Å². The van der Waals surface area contributed by atoms with Crippen molar-refractivity contribution in [2.45, 2.75) is 0 Å². The summed E-state index contributed by atoms with van der Waals surface area (Å²) in [6, 6.07) is 0. The Morgan fingerprint density at radius 2 is 2.38 bits per heavy atom. The molecule has 0 bridgehead atoms. The predicted molar refractivity (Wildman–Crippen MR) is 38.6 cm³/mol. The standard InChI is InChI=1S/C2H8B3N3/c1-6-4-8(2)5-7-3/h3,5H,1-2H3. The number of hydrogen-bond acceptors (Lipinski definition) is 2. The van der Waals surface area contributed by atoms with Crippen molar-refractivity contribution < 1.29 is 0 Å². The molecule has 40 valence electrons. The molecule has 0 radical (unpaired) electrons. The van der Waals surface area contributed by atoms with Gasteiger partial charge in [0.05, 0.1) is 0 Å². The summed E-state index contributed by atoms with van der Waals surface area (Å²) in [6.45, 7) is 0. The maximum absolute atomic E-state index is 3.77. The summed E-state index contributed by atoms with van der Waals surface area (Å²) in [6.07, 6.45) is 0. The monoisotopic (exact) mass is 107 g/mol. The summed E-state index contributed by atoms with van der Waals surface area (Å²) in [5.41, 5.74) is 0. The van der Waals surface area contributed by atoms with Crippen LogP contribution in [0.15, 0.2) is 9.70 Å². The topological polar surface area (TPSA) is 28.0 Å². The summed E-state index contributed by atoms with van der Waals surface area (Å²) in [5.74, 6) is 0. The molecule has 0 unspecified atom stereocenters. The van der Waals surface area contributed by atoms with Gasteiger partial charge in [-0.15, -0.1) is 0 Å². The van der Waals surface area contributed by atoms with Crippen molar-refractivity contribution in [1.82, 2.24) is 4.72 Å². The van der Waals surface area contributed by atoms with Gasteiger partial charge in [0, 0.05) is 0 Å². The molecule has 0 amide bonds. The van der Waals surface area contributed by atoms with E-state index in [1.807, 2.05) is 11.8 Å². The van der Waals surface area contributed by atoms with Gasteiger partial charge in [0.25, 0.3) is 0 Å². The average molecular weight is 107 g/mol. The summed E-state index contributed by atoms with van der Waals surface area (Å²) in [4.78, 5) is 7.41. The first kappa shape index (κ1) is 7.59. The van der Waals surface area contributed by atoms with Crippen LogP contribution in [0.5, 0.6) is 0 Å². The number of rotatable bonds is 3. The fourth-order valence-corrected chi connectivity index (χ4v) is 0.391. The Morgan fingerprint density at radius 3 is 2.75 bits per heavy atom. The molecule has 0 aliphatic carbocycles. The van der Waals surface area contributed by atoms with E-state index in [0.29, 0.717) is 7.55 Å². The van der Waals surface area contributed by atoms with Crippen molar-refractivity contribution >= 4 is 22.4 Å². The molecular weight excluding hydrogens is 98.5 g/mol. The van der Waals surface area contributed by atoms with E-state index in [-0.39, 0.29) is 0 Å². The van der Waals surface area contributed by atoms with Crippen LogP contribution in [0.3, 0.4) is 0 Å². The summed E-state index contributed by atoms with van der Waals surface area (Å²) in [7, 11) is 9.25. The molecular formula is C2H8B3N3. The first-order chi connectivity index (χ1) is 3.81. The Kier molecular flexibility index (Phi) is 4.51. The van der Waals surface area contributed by atoms with Crippen LogP contribution in [-0.4, -0.2) is 41.2 Å². The second-order valence-corrected chi connectivity index (χ2v) is 1.50. The van der Waals surface area contributed by atoms with Crippen LogP contribution in [0.1, 0.15) is 0 Å². The molecule has 0 aromatic rings. The Bertz CT molecular complexity index is 92.5. The second-order valence-electron chi connectivity index (χ2n) is 1.50. The van der Waals surface area contributed by atoms with Crippen LogP contribution in [0.2, 0.25) is 0 Å². The van der Waals surface area contributed by atoms with Gasteiger partial charge < -0.3 is 0 Å². The van der Waals surface area contributed by atoms with Gasteiger partial charge in [-0.2, -0.15) is 0 Å². The third-order valence-corrected chi connectivity index (χ3v) is 0.636. The molecule has 0 aromatic carbocycles. The molecule has 3 nitrogen and oxygen atoms in total. The van der Waals surface area contributed by atoms with Crippen LogP contribution >= 0.6 is 0 Å². The average Bonchev–Trinajstić information content (AvgIpc) is 1.68. The van der Waals surface area contributed by atoms with Crippen LogP contribution in [0.25, 0.3) is 0 Å². The SMILES string of the molecule is B=NBN(C)/B=N\C. The van der Waals surface area contributed by atoms with E-state index in [0.717, 1.165) is 0 Å². The Balaban J connectivity index is 3.31. The van der Waals surface area contributed by atoms with Crippen LogP contribution in [0, 0.1) is 0 Å². The van der Waals surface area contributed by atoms with Crippen molar-refractivity contribution in [2.24, 2.45) is 9.70 Å². The predicted octanol–water partition coefficient (Wildman–Crippen LogP) is -1.30. The fourth-order valence-electron chi connectivity index (χ4n) is 0.391. The first-order valence-electron chi connectivity index (χ1n) is 2.36. The molecule has 0 rings (SSSR count).